The Balaban J connectivity index is 2.39. The zero-order valence-electron chi connectivity index (χ0n) is 9.70. The van der Waals surface area contributed by atoms with Crippen molar-refractivity contribution >= 4 is 33.1 Å². The molecule has 0 bridgehead atoms. The Morgan fingerprint density at radius 2 is 2.24 bits per heavy atom. The van der Waals surface area contributed by atoms with Crippen molar-refractivity contribution in [2.45, 2.75) is 20.3 Å². The highest BCUT2D eigenvalue weighted by atomic mass is 79.9. The average Bonchev–Trinajstić information content (AvgIpc) is 2.84. The fraction of sp³-hybridized carbons (Fsp3) is 0.364. The molecule has 2 heterocycles. The lowest BCUT2D eigenvalue weighted by molar-refractivity contribution is 0.958. The molecule has 0 amide bonds. The van der Waals surface area contributed by atoms with Crippen molar-refractivity contribution in [3.05, 3.63) is 21.7 Å². The lowest BCUT2D eigenvalue weighted by atomic mass is 10.4. The third kappa shape index (κ3) is 2.81. The molecule has 0 aromatic carbocycles. The van der Waals surface area contributed by atoms with E-state index in [1.54, 1.807) is 17.5 Å². The van der Waals surface area contributed by atoms with Crippen LogP contribution in [0.1, 0.15) is 19.0 Å². The second-order valence-electron chi connectivity index (χ2n) is 3.56. The Bertz CT molecular complexity index is 498. The summed E-state index contributed by atoms with van der Waals surface area (Å²) >= 11 is 5.05. The van der Waals surface area contributed by atoms with Gasteiger partial charge in [-0.15, -0.1) is 11.3 Å². The third-order valence-corrected chi connectivity index (χ3v) is 3.90. The van der Waals surface area contributed by atoms with Crippen molar-refractivity contribution in [3.8, 4) is 10.8 Å². The van der Waals surface area contributed by atoms with E-state index >= 15 is 0 Å². The molecule has 6 heteroatoms. The number of thiazole rings is 1. The standard InChI is InChI=1S/C11H13BrN4S/c1-3-4-13-9-8(12)7(2)15-10(16-9)11-14-5-6-17-11/h5-6H,3-4H2,1-2H3,(H,13,15,16). The van der Waals surface area contributed by atoms with Gasteiger partial charge < -0.3 is 5.32 Å². The maximum absolute atomic E-state index is 4.49. The fourth-order valence-electron chi connectivity index (χ4n) is 1.35. The Kier molecular flexibility index (Phi) is 4.06. The monoisotopic (exact) mass is 312 g/mol. The van der Waals surface area contributed by atoms with Crippen LogP contribution < -0.4 is 5.32 Å². The van der Waals surface area contributed by atoms with Crippen LogP contribution in [0.2, 0.25) is 0 Å². The normalized spacial score (nSPS) is 10.5. The summed E-state index contributed by atoms with van der Waals surface area (Å²) in [6, 6.07) is 0. The zero-order valence-corrected chi connectivity index (χ0v) is 12.1. The van der Waals surface area contributed by atoms with Crippen LogP contribution in [0.25, 0.3) is 10.8 Å². The van der Waals surface area contributed by atoms with Gasteiger partial charge in [0.1, 0.15) is 5.82 Å². The second kappa shape index (κ2) is 5.55. The van der Waals surface area contributed by atoms with Crippen LogP contribution in [-0.2, 0) is 0 Å². The van der Waals surface area contributed by atoms with E-state index in [-0.39, 0.29) is 0 Å². The van der Waals surface area contributed by atoms with Gasteiger partial charge in [-0.25, -0.2) is 15.0 Å². The van der Waals surface area contributed by atoms with E-state index in [1.165, 1.54) is 0 Å². The molecular weight excluding hydrogens is 300 g/mol. The first-order chi connectivity index (χ1) is 8.22. The molecule has 0 aliphatic heterocycles. The molecule has 0 aliphatic carbocycles. The Labute approximate surface area is 113 Å². The van der Waals surface area contributed by atoms with Gasteiger partial charge in [-0.2, -0.15) is 0 Å². The van der Waals surface area contributed by atoms with E-state index in [9.17, 15) is 0 Å². The molecule has 0 spiro atoms. The van der Waals surface area contributed by atoms with Gasteiger partial charge in [-0.3, -0.25) is 0 Å². The zero-order chi connectivity index (χ0) is 12.3. The molecule has 0 atom stereocenters. The van der Waals surface area contributed by atoms with Crippen LogP contribution in [0, 0.1) is 6.92 Å². The van der Waals surface area contributed by atoms with E-state index in [0.29, 0.717) is 5.82 Å². The van der Waals surface area contributed by atoms with E-state index < -0.39 is 0 Å². The van der Waals surface area contributed by atoms with Crippen molar-refractivity contribution in [1.82, 2.24) is 15.0 Å². The number of anilines is 1. The highest BCUT2D eigenvalue weighted by molar-refractivity contribution is 9.10. The van der Waals surface area contributed by atoms with E-state index in [1.807, 2.05) is 12.3 Å². The van der Waals surface area contributed by atoms with Crippen LogP contribution in [0.5, 0.6) is 0 Å². The summed E-state index contributed by atoms with van der Waals surface area (Å²) in [7, 11) is 0. The largest absolute Gasteiger partial charge is 0.369 e. The van der Waals surface area contributed by atoms with E-state index in [0.717, 1.165) is 34.0 Å². The first-order valence-electron chi connectivity index (χ1n) is 5.40. The average molecular weight is 313 g/mol. The Morgan fingerprint density at radius 3 is 2.88 bits per heavy atom. The SMILES string of the molecule is CCCNc1nc(-c2nccs2)nc(C)c1Br. The number of hydrogen-bond acceptors (Lipinski definition) is 5. The third-order valence-electron chi connectivity index (χ3n) is 2.18. The predicted molar refractivity (Wildman–Crippen MR) is 74.4 cm³/mol. The first-order valence-corrected chi connectivity index (χ1v) is 7.07. The summed E-state index contributed by atoms with van der Waals surface area (Å²) in [5, 5.41) is 6.06. The van der Waals surface area contributed by atoms with E-state index in [2.05, 4.69) is 43.1 Å². The molecule has 0 saturated carbocycles. The lowest BCUT2D eigenvalue weighted by Gasteiger charge is -2.09. The molecule has 0 aliphatic rings. The minimum atomic E-state index is 0.680. The summed E-state index contributed by atoms with van der Waals surface area (Å²) in [5.41, 5.74) is 0.920. The minimum Gasteiger partial charge on any atom is -0.369 e. The molecule has 0 saturated heterocycles. The van der Waals surface area contributed by atoms with Crippen LogP contribution >= 0.6 is 27.3 Å². The molecule has 0 radical (unpaired) electrons. The maximum atomic E-state index is 4.49. The van der Waals surface area contributed by atoms with Gasteiger partial charge in [-0.05, 0) is 29.3 Å². The quantitative estimate of drug-likeness (QED) is 0.939. The highest BCUT2D eigenvalue weighted by Crippen LogP contribution is 2.27. The molecule has 4 nitrogen and oxygen atoms in total. The topological polar surface area (TPSA) is 50.7 Å². The second-order valence-corrected chi connectivity index (χ2v) is 5.25. The number of nitrogens with one attached hydrogen (secondary N) is 1. The molecule has 90 valence electrons. The number of nitrogens with zero attached hydrogens (tertiary/aromatic N) is 3. The van der Waals surface area contributed by atoms with Crippen LogP contribution in [0.4, 0.5) is 5.82 Å². The van der Waals surface area contributed by atoms with Gasteiger partial charge >= 0.3 is 0 Å². The van der Waals surface area contributed by atoms with Gasteiger partial charge in [-0.1, -0.05) is 6.92 Å². The molecule has 0 unspecified atom stereocenters. The van der Waals surface area contributed by atoms with Crippen molar-refractivity contribution in [2.24, 2.45) is 0 Å². The molecular formula is C11H13BrN4S. The minimum absolute atomic E-state index is 0.680. The van der Waals surface area contributed by atoms with Gasteiger partial charge in [0.05, 0.1) is 10.2 Å². The van der Waals surface area contributed by atoms with Gasteiger partial charge in [0, 0.05) is 18.1 Å². The van der Waals surface area contributed by atoms with Gasteiger partial charge in [0.25, 0.3) is 0 Å². The molecule has 17 heavy (non-hydrogen) atoms. The van der Waals surface area contributed by atoms with Crippen LogP contribution in [0.3, 0.4) is 0 Å². The number of hydrogen-bond donors (Lipinski definition) is 1. The van der Waals surface area contributed by atoms with Gasteiger partial charge in [0.15, 0.2) is 10.8 Å². The Hall–Kier alpha value is -1.01. The van der Waals surface area contributed by atoms with Crippen molar-refractivity contribution in [1.29, 1.82) is 0 Å². The van der Waals surface area contributed by atoms with E-state index in [4.69, 9.17) is 0 Å². The fourth-order valence-corrected chi connectivity index (χ4v) is 2.24. The van der Waals surface area contributed by atoms with Crippen molar-refractivity contribution in [3.63, 3.8) is 0 Å². The van der Waals surface area contributed by atoms with Crippen molar-refractivity contribution in [2.75, 3.05) is 11.9 Å². The van der Waals surface area contributed by atoms with Crippen molar-refractivity contribution < 1.29 is 0 Å². The summed E-state index contributed by atoms with van der Waals surface area (Å²) in [4.78, 5) is 13.2. The molecule has 2 rings (SSSR count). The molecule has 2 aromatic rings. The molecule has 1 N–H and O–H groups in total. The highest BCUT2D eigenvalue weighted by Gasteiger charge is 2.11. The smallest absolute Gasteiger partial charge is 0.190 e. The summed E-state index contributed by atoms with van der Waals surface area (Å²) in [5.74, 6) is 1.52. The van der Waals surface area contributed by atoms with Gasteiger partial charge in [0.2, 0.25) is 0 Å². The summed E-state index contributed by atoms with van der Waals surface area (Å²) < 4.78 is 0.922. The maximum Gasteiger partial charge on any atom is 0.190 e. The first kappa shape index (κ1) is 12.4. The number of aryl methyl sites for hydroxylation is 1. The number of halogens is 1. The van der Waals surface area contributed by atoms with Crippen LogP contribution in [0.15, 0.2) is 16.0 Å². The number of rotatable bonds is 4. The predicted octanol–water partition coefficient (Wildman–Crippen LogP) is 3.49. The molecule has 0 fully saturated rings. The summed E-state index contributed by atoms with van der Waals surface area (Å²) in [6.45, 7) is 4.98. The summed E-state index contributed by atoms with van der Waals surface area (Å²) in [6.07, 6.45) is 2.82. The van der Waals surface area contributed by atoms with Crippen LogP contribution in [-0.4, -0.2) is 21.5 Å². The number of aromatic nitrogens is 3. The lowest BCUT2D eigenvalue weighted by Crippen LogP contribution is -2.06. The molecule has 2 aromatic heterocycles. The Morgan fingerprint density at radius 1 is 1.41 bits per heavy atom.